The minimum Gasteiger partial charge on any atom is -0.345 e. The van der Waals surface area contributed by atoms with E-state index in [0.29, 0.717) is 11.6 Å². The van der Waals surface area contributed by atoms with Crippen molar-refractivity contribution in [2.75, 3.05) is 14.1 Å². The third kappa shape index (κ3) is 3.01. The van der Waals surface area contributed by atoms with Crippen LogP contribution >= 0.6 is 0 Å². The van der Waals surface area contributed by atoms with Crippen molar-refractivity contribution in [1.82, 2.24) is 14.5 Å². The molecule has 4 heteroatoms. The summed E-state index contributed by atoms with van der Waals surface area (Å²) in [6.07, 6.45) is 2.10. The number of carbonyl (C=O) groups is 1. The topological polar surface area (TPSA) is 38.1 Å². The van der Waals surface area contributed by atoms with E-state index in [1.165, 1.54) is 11.1 Å². The summed E-state index contributed by atoms with van der Waals surface area (Å²) >= 11 is 0. The van der Waals surface area contributed by atoms with Gasteiger partial charge in [-0.1, -0.05) is 48.5 Å². The number of nitrogens with zero attached hydrogens (tertiary/aromatic N) is 3. The Balaban J connectivity index is 1.55. The standard InChI is InChI=1S/C25H23N3O/c1-27(2)25(29)19-10-8-17(9-11-19)20-12-13-21-23(16-20)28-22(14-15-24(28)26-21)18-6-4-3-5-7-18/h3-13,16,22H,14-15H2,1-2H3. The van der Waals surface area contributed by atoms with Gasteiger partial charge in [0.1, 0.15) is 5.82 Å². The van der Waals surface area contributed by atoms with Gasteiger partial charge < -0.3 is 9.47 Å². The van der Waals surface area contributed by atoms with Crippen LogP contribution in [0.3, 0.4) is 0 Å². The Morgan fingerprint density at radius 1 is 0.966 bits per heavy atom. The average Bonchev–Trinajstić information content (AvgIpc) is 3.33. The fraction of sp³-hybridized carbons (Fsp3) is 0.200. The Morgan fingerprint density at radius 3 is 2.41 bits per heavy atom. The van der Waals surface area contributed by atoms with Gasteiger partial charge in [-0.3, -0.25) is 4.79 Å². The van der Waals surface area contributed by atoms with Gasteiger partial charge in [0, 0.05) is 26.1 Å². The molecule has 3 aromatic carbocycles. The maximum absolute atomic E-state index is 12.1. The molecule has 5 rings (SSSR count). The van der Waals surface area contributed by atoms with Crippen molar-refractivity contribution < 1.29 is 4.79 Å². The fourth-order valence-corrected chi connectivity index (χ4v) is 4.30. The lowest BCUT2D eigenvalue weighted by atomic mass is 10.0. The smallest absolute Gasteiger partial charge is 0.253 e. The monoisotopic (exact) mass is 381 g/mol. The molecule has 1 atom stereocenters. The molecular weight excluding hydrogens is 358 g/mol. The lowest BCUT2D eigenvalue weighted by molar-refractivity contribution is 0.0827. The molecule has 1 amide bonds. The summed E-state index contributed by atoms with van der Waals surface area (Å²) in [6.45, 7) is 0. The van der Waals surface area contributed by atoms with Crippen LogP contribution in [0.2, 0.25) is 0 Å². The summed E-state index contributed by atoms with van der Waals surface area (Å²) in [5.41, 5.74) is 6.51. The number of imidazole rings is 1. The van der Waals surface area contributed by atoms with Crippen LogP contribution in [0.15, 0.2) is 72.8 Å². The van der Waals surface area contributed by atoms with Crippen LogP contribution in [0.5, 0.6) is 0 Å². The molecule has 4 aromatic rings. The lowest BCUT2D eigenvalue weighted by Gasteiger charge is -2.15. The second-order valence-corrected chi connectivity index (χ2v) is 7.84. The molecule has 2 heterocycles. The van der Waals surface area contributed by atoms with Crippen LogP contribution < -0.4 is 0 Å². The van der Waals surface area contributed by atoms with E-state index in [9.17, 15) is 4.79 Å². The van der Waals surface area contributed by atoms with Crippen molar-refractivity contribution in [2.24, 2.45) is 0 Å². The molecule has 1 aromatic heterocycles. The van der Waals surface area contributed by atoms with Gasteiger partial charge in [0.25, 0.3) is 5.91 Å². The molecule has 0 aliphatic carbocycles. The molecule has 0 saturated heterocycles. The Bertz CT molecular complexity index is 1190. The maximum Gasteiger partial charge on any atom is 0.253 e. The lowest BCUT2D eigenvalue weighted by Crippen LogP contribution is -2.21. The number of benzene rings is 3. The van der Waals surface area contributed by atoms with Gasteiger partial charge in [0.15, 0.2) is 0 Å². The first-order chi connectivity index (χ1) is 14.1. The van der Waals surface area contributed by atoms with E-state index in [4.69, 9.17) is 4.98 Å². The quantitative estimate of drug-likeness (QED) is 0.504. The summed E-state index contributed by atoms with van der Waals surface area (Å²) in [5.74, 6) is 1.18. The summed E-state index contributed by atoms with van der Waals surface area (Å²) < 4.78 is 2.40. The molecule has 0 radical (unpaired) electrons. The largest absolute Gasteiger partial charge is 0.345 e. The van der Waals surface area contributed by atoms with Crippen molar-refractivity contribution in [3.05, 3.63) is 89.7 Å². The Kier molecular flexibility index (Phi) is 4.20. The predicted molar refractivity (Wildman–Crippen MR) is 116 cm³/mol. The van der Waals surface area contributed by atoms with Gasteiger partial charge in [0.05, 0.1) is 17.1 Å². The van der Waals surface area contributed by atoms with E-state index in [0.717, 1.165) is 35.3 Å². The molecule has 0 bridgehead atoms. The molecule has 0 saturated carbocycles. The molecule has 0 spiro atoms. The van der Waals surface area contributed by atoms with E-state index in [-0.39, 0.29) is 5.91 Å². The number of aryl methyl sites for hydroxylation is 1. The van der Waals surface area contributed by atoms with Gasteiger partial charge in [-0.15, -0.1) is 0 Å². The van der Waals surface area contributed by atoms with Crippen molar-refractivity contribution >= 4 is 16.9 Å². The zero-order chi connectivity index (χ0) is 20.0. The number of carbonyl (C=O) groups excluding carboxylic acids is 1. The summed E-state index contributed by atoms with van der Waals surface area (Å²) in [4.78, 5) is 18.6. The van der Waals surface area contributed by atoms with E-state index >= 15 is 0 Å². The van der Waals surface area contributed by atoms with Gasteiger partial charge in [-0.05, 0) is 47.4 Å². The highest BCUT2D eigenvalue weighted by Crippen LogP contribution is 2.36. The van der Waals surface area contributed by atoms with E-state index < -0.39 is 0 Å². The van der Waals surface area contributed by atoms with Crippen molar-refractivity contribution in [1.29, 1.82) is 0 Å². The maximum atomic E-state index is 12.1. The summed E-state index contributed by atoms with van der Waals surface area (Å²) in [7, 11) is 3.54. The number of aromatic nitrogens is 2. The number of rotatable bonds is 3. The Labute approximate surface area is 170 Å². The molecule has 0 N–H and O–H groups in total. The number of fused-ring (bicyclic) bond motifs is 3. The minimum absolute atomic E-state index is 0.0197. The second-order valence-electron chi connectivity index (χ2n) is 7.84. The molecule has 144 valence electrons. The summed E-state index contributed by atoms with van der Waals surface area (Å²) in [5, 5.41) is 0. The zero-order valence-corrected chi connectivity index (χ0v) is 16.7. The second kappa shape index (κ2) is 6.89. The van der Waals surface area contributed by atoms with Crippen LogP contribution in [-0.2, 0) is 6.42 Å². The molecule has 1 aliphatic heterocycles. The number of amides is 1. The first kappa shape index (κ1) is 17.7. The first-order valence-electron chi connectivity index (χ1n) is 10.00. The number of hydrogen-bond acceptors (Lipinski definition) is 2. The van der Waals surface area contributed by atoms with Crippen LogP contribution in [0.25, 0.3) is 22.2 Å². The predicted octanol–water partition coefficient (Wildman–Crippen LogP) is 4.94. The van der Waals surface area contributed by atoms with Crippen LogP contribution in [0.1, 0.15) is 34.2 Å². The molecular formula is C25H23N3O. The fourth-order valence-electron chi connectivity index (χ4n) is 4.30. The highest BCUT2D eigenvalue weighted by atomic mass is 16.2. The van der Waals surface area contributed by atoms with Crippen molar-refractivity contribution in [3.8, 4) is 11.1 Å². The van der Waals surface area contributed by atoms with Crippen LogP contribution in [-0.4, -0.2) is 34.5 Å². The third-order valence-corrected chi connectivity index (χ3v) is 5.77. The van der Waals surface area contributed by atoms with Crippen molar-refractivity contribution in [3.63, 3.8) is 0 Å². The van der Waals surface area contributed by atoms with E-state index in [1.54, 1.807) is 19.0 Å². The van der Waals surface area contributed by atoms with Gasteiger partial charge in [-0.25, -0.2) is 4.98 Å². The van der Waals surface area contributed by atoms with Gasteiger partial charge in [0.2, 0.25) is 0 Å². The van der Waals surface area contributed by atoms with E-state index in [1.807, 2.05) is 24.3 Å². The Hall–Kier alpha value is -3.40. The molecule has 4 nitrogen and oxygen atoms in total. The Morgan fingerprint density at radius 2 is 1.69 bits per heavy atom. The van der Waals surface area contributed by atoms with Crippen molar-refractivity contribution in [2.45, 2.75) is 18.9 Å². The highest BCUT2D eigenvalue weighted by Gasteiger charge is 2.27. The zero-order valence-electron chi connectivity index (χ0n) is 16.7. The normalized spacial score (nSPS) is 15.4. The van der Waals surface area contributed by atoms with Gasteiger partial charge >= 0.3 is 0 Å². The molecule has 0 fully saturated rings. The first-order valence-corrected chi connectivity index (χ1v) is 10.00. The highest BCUT2D eigenvalue weighted by molar-refractivity contribution is 5.94. The SMILES string of the molecule is CN(C)C(=O)c1ccc(-c2ccc3nc4n(c3c2)C(c2ccccc2)CC4)cc1. The number of hydrogen-bond donors (Lipinski definition) is 0. The third-order valence-electron chi connectivity index (χ3n) is 5.77. The summed E-state index contributed by atoms with van der Waals surface area (Å²) in [6, 6.07) is 25.3. The van der Waals surface area contributed by atoms with Gasteiger partial charge in [-0.2, -0.15) is 0 Å². The molecule has 1 aliphatic rings. The molecule has 29 heavy (non-hydrogen) atoms. The molecule has 1 unspecified atom stereocenters. The van der Waals surface area contributed by atoms with Crippen LogP contribution in [0.4, 0.5) is 0 Å². The average molecular weight is 381 g/mol. The van der Waals surface area contributed by atoms with E-state index in [2.05, 4.69) is 53.1 Å². The minimum atomic E-state index is 0.0197. The van der Waals surface area contributed by atoms with Crippen LogP contribution in [0, 0.1) is 0 Å².